The predicted octanol–water partition coefficient (Wildman–Crippen LogP) is 10.4. The van der Waals surface area contributed by atoms with Crippen molar-refractivity contribution >= 4 is 34.8 Å². The van der Waals surface area contributed by atoms with E-state index < -0.39 is 0 Å². The summed E-state index contributed by atoms with van der Waals surface area (Å²) < 4.78 is 2.41. The highest BCUT2D eigenvalue weighted by Crippen LogP contribution is 2.41. The van der Waals surface area contributed by atoms with E-state index in [1.807, 2.05) is 11.8 Å². The van der Waals surface area contributed by atoms with Gasteiger partial charge in [-0.1, -0.05) is 103 Å². The van der Waals surface area contributed by atoms with Gasteiger partial charge in [-0.15, -0.1) is 0 Å². The molecule has 40 heavy (non-hydrogen) atoms. The molecule has 0 fully saturated rings. The van der Waals surface area contributed by atoms with Crippen LogP contribution in [-0.4, -0.2) is 4.57 Å². The lowest BCUT2D eigenvalue weighted by Gasteiger charge is -2.19. The van der Waals surface area contributed by atoms with Gasteiger partial charge >= 0.3 is 0 Å². The van der Waals surface area contributed by atoms with Crippen molar-refractivity contribution in [3.63, 3.8) is 0 Å². The van der Waals surface area contributed by atoms with Gasteiger partial charge in [0.05, 0.1) is 11.2 Å². The van der Waals surface area contributed by atoms with Crippen LogP contribution in [0.4, 0.5) is 0 Å². The minimum absolute atomic E-state index is 0.962. The van der Waals surface area contributed by atoms with Crippen molar-refractivity contribution in [3.05, 3.63) is 150 Å². The number of benzene rings is 5. The molecular weight excluding hydrogens is 502 g/mol. The van der Waals surface area contributed by atoms with Crippen LogP contribution in [0, 0.1) is 0 Å². The molecule has 2 heterocycles. The molecule has 0 N–H and O–H groups in total. The van der Waals surface area contributed by atoms with E-state index in [0.717, 1.165) is 12.8 Å². The molecule has 6 aromatic rings. The Labute approximate surface area is 239 Å². The maximum absolute atomic E-state index is 2.41. The Balaban J connectivity index is 1.19. The van der Waals surface area contributed by atoms with Crippen LogP contribution in [0.5, 0.6) is 0 Å². The summed E-state index contributed by atoms with van der Waals surface area (Å²) in [4.78, 5) is 2.75. The summed E-state index contributed by atoms with van der Waals surface area (Å²) in [6.07, 6.45) is 11.0. The topological polar surface area (TPSA) is 4.93 Å². The first-order valence-corrected chi connectivity index (χ1v) is 14.7. The van der Waals surface area contributed by atoms with Crippen molar-refractivity contribution in [2.45, 2.75) is 22.6 Å². The number of aromatic nitrogens is 1. The first-order valence-electron chi connectivity index (χ1n) is 13.9. The Bertz CT molecular complexity index is 1990. The zero-order valence-corrected chi connectivity index (χ0v) is 22.9. The normalized spacial score (nSPS) is 13.5. The lowest BCUT2D eigenvalue weighted by Crippen LogP contribution is -1.99. The molecule has 1 aliphatic heterocycles. The SMILES string of the molecule is C1=Cc2c(n(-c3cccc(-c4cccc(-c5ccc6c(c5)Cc5ccccc5S6)c4)c3)c3ccccc23)C=CC1. The van der Waals surface area contributed by atoms with Gasteiger partial charge in [0.1, 0.15) is 0 Å². The van der Waals surface area contributed by atoms with Crippen LogP contribution in [0.15, 0.2) is 137 Å². The van der Waals surface area contributed by atoms with Crippen molar-refractivity contribution < 1.29 is 0 Å². The fourth-order valence-electron chi connectivity index (χ4n) is 6.12. The van der Waals surface area contributed by atoms with E-state index in [1.54, 1.807) is 0 Å². The van der Waals surface area contributed by atoms with E-state index in [0.29, 0.717) is 0 Å². The maximum atomic E-state index is 2.41. The molecule has 1 aliphatic carbocycles. The molecule has 2 heteroatoms. The molecule has 0 saturated heterocycles. The summed E-state index contributed by atoms with van der Waals surface area (Å²) in [5, 5.41) is 1.29. The van der Waals surface area contributed by atoms with Gasteiger partial charge in [0, 0.05) is 26.4 Å². The van der Waals surface area contributed by atoms with E-state index >= 15 is 0 Å². The second kappa shape index (κ2) is 9.59. The van der Waals surface area contributed by atoms with Crippen molar-refractivity contribution in [2.24, 2.45) is 0 Å². The zero-order valence-electron chi connectivity index (χ0n) is 22.0. The third-order valence-corrected chi connectivity index (χ3v) is 9.29. The standard InChI is InChI=1S/C38H27NS/c1-2-15-33-34-16-5-6-18-36(34)39(35(33)17-3-1)32-14-9-13-28(25-32)26-11-8-12-27(22-26)29-20-21-38-31(23-29)24-30-10-4-7-19-37(30)40-38/h2-23,25H,1,24H2. The summed E-state index contributed by atoms with van der Waals surface area (Å²) in [6.45, 7) is 0. The Hall–Kier alpha value is -4.53. The van der Waals surface area contributed by atoms with Crippen molar-refractivity contribution in [3.8, 4) is 27.9 Å². The molecule has 0 unspecified atom stereocenters. The van der Waals surface area contributed by atoms with Gasteiger partial charge in [0.2, 0.25) is 0 Å². The molecule has 0 radical (unpaired) electrons. The van der Waals surface area contributed by atoms with Gasteiger partial charge in [0.25, 0.3) is 0 Å². The maximum Gasteiger partial charge on any atom is 0.0541 e. The number of hydrogen-bond donors (Lipinski definition) is 0. The van der Waals surface area contributed by atoms with E-state index in [-0.39, 0.29) is 0 Å². The summed E-state index contributed by atoms with van der Waals surface area (Å²) in [6, 6.07) is 42.4. The molecule has 2 aliphatic rings. The quantitative estimate of drug-likeness (QED) is 0.220. The number of para-hydroxylation sites is 1. The van der Waals surface area contributed by atoms with Gasteiger partial charge in [-0.25, -0.2) is 0 Å². The number of hydrogen-bond acceptors (Lipinski definition) is 1. The van der Waals surface area contributed by atoms with Gasteiger partial charge in [-0.05, 0) is 94.8 Å². The van der Waals surface area contributed by atoms with E-state index in [2.05, 4.69) is 144 Å². The van der Waals surface area contributed by atoms with Crippen LogP contribution in [0.3, 0.4) is 0 Å². The average molecular weight is 530 g/mol. The molecule has 5 aromatic carbocycles. The fourth-order valence-corrected chi connectivity index (χ4v) is 7.17. The molecule has 0 spiro atoms. The average Bonchev–Trinajstić information content (AvgIpc) is 3.13. The second-order valence-electron chi connectivity index (χ2n) is 10.5. The lowest BCUT2D eigenvalue weighted by molar-refractivity contribution is 1.06. The monoisotopic (exact) mass is 529 g/mol. The van der Waals surface area contributed by atoms with Crippen molar-refractivity contribution in [1.29, 1.82) is 0 Å². The first kappa shape index (κ1) is 23.4. The molecule has 0 bridgehead atoms. The molecule has 0 atom stereocenters. The summed E-state index contributed by atoms with van der Waals surface area (Å²) in [7, 11) is 0. The summed E-state index contributed by atoms with van der Waals surface area (Å²) in [5.41, 5.74) is 12.8. The fraction of sp³-hybridized carbons (Fsp3) is 0.0526. The molecule has 0 amide bonds. The van der Waals surface area contributed by atoms with Gasteiger partial charge in [-0.3, -0.25) is 0 Å². The number of rotatable bonds is 3. The Morgan fingerprint density at radius 2 is 1.27 bits per heavy atom. The minimum atomic E-state index is 0.962. The van der Waals surface area contributed by atoms with Crippen LogP contribution in [0.1, 0.15) is 28.8 Å². The van der Waals surface area contributed by atoms with Gasteiger partial charge < -0.3 is 4.57 Å². The third kappa shape index (κ3) is 3.95. The summed E-state index contributed by atoms with van der Waals surface area (Å²) in [5.74, 6) is 0. The molecule has 1 aromatic heterocycles. The molecule has 8 rings (SSSR count). The highest BCUT2D eigenvalue weighted by molar-refractivity contribution is 7.99. The smallest absolute Gasteiger partial charge is 0.0541 e. The highest BCUT2D eigenvalue weighted by Gasteiger charge is 2.18. The number of fused-ring (bicyclic) bond motifs is 5. The van der Waals surface area contributed by atoms with Crippen LogP contribution in [-0.2, 0) is 6.42 Å². The first-order chi connectivity index (χ1) is 19.8. The molecular formula is C38H27NS. The van der Waals surface area contributed by atoms with Gasteiger partial charge in [-0.2, -0.15) is 0 Å². The minimum Gasteiger partial charge on any atom is -0.309 e. The van der Waals surface area contributed by atoms with Crippen LogP contribution in [0.2, 0.25) is 0 Å². The van der Waals surface area contributed by atoms with E-state index in [4.69, 9.17) is 0 Å². The largest absolute Gasteiger partial charge is 0.309 e. The molecule has 1 nitrogen and oxygen atoms in total. The lowest BCUT2D eigenvalue weighted by atomic mass is 9.96. The Morgan fingerprint density at radius 1 is 0.550 bits per heavy atom. The third-order valence-electron chi connectivity index (χ3n) is 8.05. The zero-order chi connectivity index (χ0) is 26.5. The highest BCUT2D eigenvalue weighted by atomic mass is 32.2. The number of allylic oxidation sites excluding steroid dienone is 2. The second-order valence-corrected chi connectivity index (χ2v) is 11.6. The van der Waals surface area contributed by atoms with Crippen molar-refractivity contribution in [1.82, 2.24) is 4.57 Å². The Morgan fingerprint density at radius 3 is 2.20 bits per heavy atom. The van der Waals surface area contributed by atoms with E-state index in [9.17, 15) is 0 Å². The molecule has 190 valence electrons. The predicted molar refractivity (Wildman–Crippen MR) is 170 cm³/mol. The summed E-state index contributed by atoms with van der Waals surface area (Å²) >= 11 is 1.89. The van der Waals surface area contributed by atoms with Crippen LogP contribution in [0.25, 0.3) is 51.0 Å². The van der Waals surface area contributed by atoms with Crippen molar-refractivity contribution in [2.75, 3.05) is 0 Å². The Kier molecular flexibility index (Phi) is 5.60. The van der Waals surface area contributed by atoms with Crippen LogP contribution < -0.4 is 0 Å². The van der Waals surface area contributed by atoms with Crippen LogP contribution >= 0.6 is 11.8 Å². The van der Waals surface area contributed by atoms with Gasteiger partial charge in [0.15, 0.2) is 0 Å². The van der Waals surface area contributed by atoms with E-state index in [1.165, 1.54) is 71.0 Å². The number of nitrogens with zero attached hydrogens (tertiary/aromatic N) is 1. The molecule has 0 saturated carbocycles.